The van der Waals surface area contributed by atoms with Gasteiger partial charge in [-0.1, -0.05) is 84.9 Å². The molecule has 0 saturated heterocycles. The van der Waals surface area contributed by atoms with Gasteiger partial charge in [-0.2, -0.15) is 0 Å². The van der Waals surface area contributed by atoms with Crippen LogP contribution in [-0.2, 0) is 13.1 Å². The Hall–Kier alpha value is -3.49. The van der Waals surface area contributed by atoms with Crippen LogP contribution in [0.15, 0.2) is 103 Å². The highest BCUT2D eigenvalue weighted by atomic mass is 16.1. The predicted octanol–water partition coefficient (Wildman–Crippen LogP) is 5.10. The molecule has 0 saturated carbocycles. The minimum absolute atomic E-state index is 0.719. The number of hydrogen-bond donors (Lipinski definition) is 1. The summed E-state index contributed by atoms with van der Waals surface area (Å²) in [6, 6.07) is 35.7. The average Bonchev–Trinajstić information content (AvgIpc) is 2.80. The molecular weight excluding hydrogens is 354 g/mol. The second-order valence-corrected chi connectivity index (χ2v) is 7.21. The van der Waals surface area contributed by atoms with E-state index in [1.807, 2.05) is 24.3 Å². The van der Waals surface area contributed by atoms with Crippen molar-refractivity contribution in [3.8, 4) is 22.3 Å². The van der Waals surface area contributed by atoms with Crippen molar-refractivity contribution in [2.45, 2.75) is 13.1 Å². The van der Waals surface area contributed by atoms with Crippen molar-refractivity contribution >= 4 is 6.29 Å². The van der Waals surface area contributed by atoms with E-state index in [0.717, 1.165) is 24.9 Å². The molecule has 0 unspecified atom stereocenters. The summed E-state index contributed by atoms with van der Waals surface area (Å²) in [5.41, 5.74) is 8.19. The molecule has 2 N–H and O–H groups in total. The Morgan fingerprint density at radius 2 is 1.07 bits per heavy atom. The van der Waals surface area contributed by atoms with E-state index in [-0.39, 0.29) is 0 Å². The van der Waals surface area contributed by atoms with Gasteiger partial charge in [-0.3, -0.25) is 4.79 Å². The SMILES string of the molecule is O=Cc1ccc(C[NH2+]Cc2cc(-c3ccccc3)cc(-c3ccccc3)c2)cc1. The van der Waals surface area contributed by atoms with E-state index >= 15 is 0 Å². The van der Waals surface area contributed by atoms with Gasteiger partial charge >= 0.3 is 0 Å². The zero-order valence-electron chi connectivity index (χ0n) is 16.3. The van der Waals surface area contributed by atoms with Crippen LogP contribution in [0.3, 0.4) is 0 Å². The Morgan fingerprint density at radius 3 is 1.59 bits per heavy atom. The zero-order valence-corrected chi connectivity index (χ0v) is 16.3. The lowest BCUT2D eigenvalue weighted by atomic mass is 9.96. The monoisotopic (exact) mass is 378 g/mol. The molecule has 0 bridgehead atoms. The van der Waals surface area contributed by atoms with E-state index in [0.29, 0.717) is 0 Å². The fourth-order valence-corrected chi connectivity index (χ4v) is 3.54. The van der Waals surface area contributed by atoms with Crippen LogP contribution < -0.4 is 5.32 Å². The van der Waals surface area contributed by atoms with Crippen LogP contribution in [0.4, 0.5) is 0 Å². The van der Waals surface area contributed by atoms with Gasteiger partial charge in [0.1, 0.15) is 19.4 Å². The highest BCUT2D eigenvalue weighted by molar-refractivity contribution is 5.75. The molecule has 0 aromatic heterocycles. The van der Waals surface area contributed by atoms with Crippen LogP contribution >= 0.6 is 0 Å². The Labute approximate surface area is 171 Å². The third-order valence-electron chi connectivity index (χ3n) is 5.08. The average molecular weight is 378 g/mol. The maximum atomic E-state index is 10.8. The molecule has 142 valence electrons. The topological polar surface area (TPSA) is 33.7 Å². The molecule has 2 nitrogen and oxygen atoms in total. The molecule has 2 heteroatoms. The van der Waals surface area contributed by atoms with Gasteiger partial charge in [-0.05, 0) is 40.5 Å². The molecule has 0 spiro atoms. The maximum Gasteiger partial charge on any atom is 0.150 e. The fraction of sp³-hybridized carbons (Fsp3) is 0.0741. The molecular formula is C27H24NO+. The summed E-state index contributed by atoms with van der Waals surface area (Å²) >= 11 is 0. The summed E-state index contributed by atoms with van der Waals surface area (Å²) in [5, 5.41) is 2.30. The Balaban J connectivity index is 1.57. The minimum Gasteiger partial charge on any atom is -0.339 e. The zero-order chi connectivity index (χ0) is 19.9. The first-order valence-corrected chi connectivity index (χ1v) is 9.92. The van der Waals surface area contributed by atoms with Crippen molar-refractivity contribution < 1.29 is 10.1 Å². The van der Waals surface area contributed by atoms with Gasteiger partial charge in [0, 0.05) is 16.7 Å². The number of benzene rings is 4. The number of hydrogen-bond acceptors (Lipinski definition) is 1. The van der Waals surface area contributed by atoms with Crippen LogP contribution in [0.5, 0.6) is 0 Å². The van der Waals surface area contributed by atoms with Crippen LogP contribution in [0.1, 0.15) is 21.5 Å². The minimum atomic E-state index is 0.719. The number of carbonyl (C=O) groups excluding carboxylic acids is 1. The highest BCUT2D eigenvalue weighted by Crippen LogP contribution is 2.28. The normalized spacial score (nSPS) is 10.6. The largest absolute Gasteiger partial charge is 0.339 e. The van der Waals surface area contributed by atoms with Crippen molar-refractivity contribution in [1.82, 2.24) is 0 Å². The van der Waals surface area contributed by atoms with E-state index in [1.165, 1.54) is 33.4 Å². The van der Waals surface area contributed by atoms with Crippen LogP contribution in [0.2, 0.25) is 0 Å². The summed E-state index contributed by atoms with van der Waals surface area (Å²) < 4.78 is 0. The third kappa shape index (κ3) is 4.87. The summed E-state index contributed by atoms with van der Waals surface area (Å²) in [6.45, 7) is 1.78. The molecule has 0 aliphatic carbocycles. The second-order valence-electron chi connectivity index (χ2n) is 7.21. The lowest BCUT2D eigenvalue weighted by Crippen LogP contribution is -2.80. The number of nitrogens with two attached hydrogens (primary N) is 1. The van der Waals surface area contributed by atoms with E-state index in [4.69, 9.17) is 0 Å². The van der Waals surface area contributed by atoms with Gasteiger partial charge in [-0.25, -0.2) is 0 Å². The fourth-order valence-electron chi connectivity index (χ4n) is 3.54. The third-order valence-corrected chi connectivity index (χ3v) is 5.08. The Morgan fingerprint density at radius 1 is 0.552 bits per heavy atom. The van der Waals surface area contributed by atoms with Gasteiger partial charge in [-0.15, -0.1) is 0 Å². The molecule has 29 heavy (non-hydrogen) atoms. The van der Waals surface area contributed by atoms with Crippen LogP contribution in [-0.4, -0.2) is 6.29 Å². The van der Waals surface area contributed by atoms with Crippen molar-refractivity contribution in [2.75, 3.05) is 0 Å². The molecule has 0 radical (unpaired) electrons. The van der Waals surface area contributed by atoms with E-state index in [1.54, 1.807) is 0 Å². The van der Waals surface area contributed by atoms with Gasteiger partial charge in [0.25, 0.3) is 0 Å². The summed E-state index contributed by atoms with van der Waals surface area (Å²) in [5.74, 6) is 0. The quantitative estimate of drug-likeness (QED) is 0.446. The molecule has 4 aromatic carbocycles. The molecule has 0 heterocycles. The predicted molar refractivity (Wildman–Crippen MR) is 118 cm³/mol. The van der Waals surface area contributed by atoms with Crippen LogP contribution in [0.25, 0.3) is 22.3 Å². The first kappa shape index (κ1) is 18.9. The number of aldehydes is 1. The lowest BCUT2D eigenvalue weighted by molar-refractivity contribution is -0.686. The Kier molecular flexibility index (Phi) is 5.94. The van der Waals surface area contributed by atoms with Gasteiger partial charge in [0.15, 0.2) is 0 Å². The van der Waals surface area contributed by atoms with Crippen molar-refractivity contribution in [2.24, 2.45) is 0 Å². The summed E-state index contributed by atoms with van der Waals surface area (Å²) in [7, 11) is 0. The molecule has 4 aromatic rings. The van der Waals surface area contributed by atoms with Gasteiger partial charge < -0.3 is 5.32 Å². The maximum absolute atomic E-state index is 10.8. The standard InChI is InChI=1S/C27H23NO/c29-20-22-13-11-21(12-14-22)18-28-19-23-15-26(24-7-3-1-4-8-24)17-27(16-23)25-9-5-2-6-10-25/h1-17,20,28H,18-19H2/p+1. The second kappa shape index (κ2) is 9.13. The number of quaternary nitrogens is 1. The molecule has 0 atom stereocenters. The molecule has 0 aliphatic rings. The van der Waals surface area contributed by atoms with E-state index in [9.17, 15) is 4.79 Å². The highest BCUT2D eigenvalue weighted by Gasteiger charge is 2.07. The van der Waals surface area contributed by atoms with Gasteiger partial charge in [0.2, 0.25) is 0 Å². The Bertz CT molecular complexity index is 1010. The number of carbonyl (C=O) groups is 1. The van der Waals surface area contributed by atoms with Crippen molar-refractivity contribution in [3.05, 3.63) is 120 Å². The lowest BCUT2D eigenvalue weighted by Gasteiger charge is -2.10. The smallest absolute Gasteiger partial charge is 0.150 e. The molecule has 0 amide bonds. The summed E-state index contributed by atoms with van der Waals surface area (Å²) in [4.78, 5) is 10.8. The van der Waals surface area contributed by atoms with E-state index < -0.39 is 0 Å². The molecule has 4 rings (SSSR count). The summed E-state index contributed by atoms with van der Waals surface area (Å²) in [6.07, 6.45) is 0.883. The van der Waals surface area contributed by atoms with Gasteiger partial charge in [0.05, 0.1) is 0 Å². The molecule has 0 aliphatic heterocycles. The van der Waals surface area contributed by atoms with Crippen molar-refractivity contribution in [3.63, 3.8) is 0 Å². The van der Waals surface area contributed by atoms with Crippen molar-refractivity contribution in [1.29, 1.82) is 0 Å². The number of rotatable bonds is 7. The van der Waals surface area contributed by atoms with Crippen LogP contribution in [0, 0.1) is 0 Å². The first-order valence-electron chi connectivity index (χ1n) is 9.92. The van der Waals surface area contributed by atoms with E-state index in [2.05, 4.69) is 84.2 Å². The first-order chi connectivity index (χ1) is 14.3. The molecule has 0 fully saturated rings.